The maximum atomic E-state index is 5.94. The van der Waals surface area contributed by atoms with Crippen LogP contribution in [0.5, 0.6) is 17.2 Å². The summed E-state index contributed by atoms with van der Waals surface area (Å²) in [7, 11) is 4.78. The molecule has 0 fully saturated rings. The van der Waals surface area contributed by atoms with Gasteiger partial charge in [0.15, 0.2) is 5.96 Å². The Morgan fingerprint density at radius 3 is 2.35 bits per heavy atom. The van der Waals surface area contributed by atoms with Crippen molar-refractivity contribution in [1.82, 2.24) is 10.3 Å². The third kappa shape index (κ3) is 6.25. The van der Waals surface area contributed by atoms with Crippen LogP contribution in [-0.2, 0) is 13.0 Å². The molecule has 0 aliphatic carbocycles. The van der Waals surface area contributed by atoms with Crippen molar-refractivity contribution in [2.45, 2.75) is 13.0 Å². The van der Waals surface area contributed by atoms with E-state index in [1.807, 2.05) is 18.2 Å². The highest BCUT2D eigenvalue weighted by atomic mass is 127. The van der Waals surface area contributed by atoms with Crippen molar-refractivity contribution in [3.8, 4) is 17.2 Å². The van der Waals surface area contributed by atoms with Crippen LogP contribution in [0.4, 0.5) is 0 Å². The second kappa shape index (κ2) is 11.4. The third-order valence-corrected chi connectivity index (χ3v) is 3.64. The minimum atomic E-state index is 0. The van der Waals surface area contributed by atoms with Crippen LogP contribution >= 0.6 is 24.0 Å². The van der Waals surface area contributed by atoms with Crippen LogP contribution in [-0.4, -0.2) is 38.8 Å². The summed E-state index contributed by atoms with van der Waals surface area (Å²) in [6.45, 7) is 0.988. The fraction of sp³-hybridized carbons (Fsp3) is 0.333. The van der Waals surface area contributed by atoms with Crippen molar-refractivity contribution in [3.05, 3.63) is 47.8 Å². The summed E-state index contributed by atoms with van der Waals surface area (Å²) >= 11 is 0. The Kier molecular flexibility index (Phi) is 9.56. The number of methoxy groups -OCH3 is 3. The molecule has 142 valence electrons. The fourth-order valence-corrected chi connectivity index (χ4v) is 2.32. The van der Waals surface area contributed by atoms with Gasteiger partial charge in [0.2, 0.25) is 0 Å². The lowest BCUT2D eigenvalue weighted by Crippen LogP contribution is -2.33. The van der Waals surface area contributed by atoms with Crippen LogP contribution in [0.2, 0.25) is 0 Å². The summed E-state index contributed by atoms with van der Waals surface area (Å²) in [5.74, 6) is 2.29. The second-order valence-electron chi connectivity index (χ2n) is 5.21. The van der Waals surface area contributed by atoms with Crippen molar-refractivity contribution in [2.75, 3.05) is 27.9 Å². The maximum Gasteiger partial charge on any atom is 0.188 e. The van der Waals surface area contributed by atoms with E-state index in [1.165, 1.54) is 0 Å². The molecule has 0 saturated heterocycles. The predicted molar refractivity (Wildman–Crippen MR) is 113 cm³/mol. The number of hydrogen-bond acceptors (Lipinski definition) is 5. The average Bonchev–Trinajstić information content (AvgIpc) is 2.66. The van der Waals surface area contributed by atoms with Crippen LogP contribution < -0.4 is 25.3 Å². The number of rotatable bonds is 8. The van der Waals surface area contributed by atoms with Crippen molar-refractivity contribution in [3.63, 3.8) is 0 Å². The van der Waals surface area contributed by atoms with E-state index in [9.17, 15) is 0 Å². The van der Waals surface area contributed by atoms with E-state index in [0.29, 0.717) is 36.3 Å². The van der Waals surface area contributed by atoms with Gasteiger partial charge < -0.3 is 25.3 Å². The number of hydrogen-bond donors (Lipinski definition) is 2. The van der Waals surface area contributed by atoms with Gasteiger partial charge in [0.05, 0.1) is 33.4 Å². The van der Waals surface area contributed by atoms with Crippen LogP contribution in [0.15, 0.2) is 41.5 Å². The van der Waals surface area contributed by atoms with Gasteiger partial charge in [0, 0.05) is 37.0 Å². The quantitative estimate of drug-likeness (QED) is 0.349. The van der Waals surface area contributed by atoms with Gasteiger partial charge in [0.25, 0.3) is 0 Å². The van der Waals surface area contributed by atoms with E-state index in [4.69, 9.17) is 19.9 Å². The van der Waals surface area contributed by atoms with Gasteiger partial charge in [-0.25, -0.2) is 4.99 Å². The molecule has 8 heteroatoms. The molecule has 0 saturated carbocycles. The highest BCUT2D eigenvalue weighted by Crippen LogP contribution is 2.34. The van der Waals surface area contributed by atoms with Gasteiger partial charge in [-0.15, -0.1) is 24.0 Å². The molecule has 7 nitrogen and oxygen atoms in total. The highest BCUT2D eigenvalue weighted by molar-refractivity contribution is 14.0. The van der Waals surface area contributed by atoms with Crippen LogP contribution in [0.3, 0.4) is 0 Å². The Labute approximate surface area is 171 Å². The molecule has 0 unspecified atom stereocenters. The van der Waals surface area contributed by atoms with Gasteiger partial charge in [0.1, 0.15) is 17.2 Å². The topological polar surface area (TPSA) is 91.0 Å². The van der Waals surface area contributed by atoms with Gasteiger partial charge in [-0.05, 0) is 12.1 Å². The van der Waals surface area contributed by atoms with Gasteiger partial charge in [-0.2, -0.15) is 0 Å². The number of ether oxygens (including phenoxy) is 3. The standard InChI is InChI=1S/C18H24N4O3.HI/c1-23-14-10-16(24-2)15(17(11-14)25-3)12-22-18(19)21-9-7-13-6-4-5-8-20-13;/h4-6,8,10-11H,7,9,12H2,1-3H3,(H3,19,21,22);1H. The van der Waals surface area contributed by atoms with E-state index in [0.717, 1.165) is 17.7 Å². The van der Waals surface area contributed by atoms with E-state index in [-0.39, 0.29) is 24.0 Å². The average molecular weight is 472 g/mol. The normalized spacial score (nSPS) is 10.7. The van der Waals surface area contributed by atoms with E-state index in [1.54, 1.807) is 39.7 Å². The van der Waals surface area contributed by atoms with Crippen LogP contribution in [0.25, 0.3) is 0 Å². The number of nitrogens with zero attached hydrogens (tertiary/aromatic N) is 2. The van der Waals surface area contributed by atoms with Gasteiger partial charge in [-0.3, -0.25) is 4.98 Å². The predicted octanol–water partition coefficient (Wildman–Crippen LogP) is 2.37. The number of guanidine groups is 1. The lowest BCUT2D eigenvalue weighted by Gasteiger charge is -2.14. The summed E-state index contributed by atoms with van der Waals surface area (Å²) in [6, 6.07) is 9.41. The molecular formula is C18H25IN4O3. The molecular weight excluding hydrogens is 447 g/mol. The minimum Gasteiger partial charge on any atom is -0.496 e. The van der Waals surface area contributed by atoms with Crippen molar-refractivity contribution in [1.29, 1.82) is 0 Å². The number of halogens is 1. The first-order valence-electron chi connectivity index (χ1n) is 7.90. The number of aliphatic imine (C=N–C) groups is 1. The Morgan fingerprint density at radius 1 is 1.12 bits per heavy atom. The molecule has 1 aromatic heterocycles. The summed E-state index contributed by atoms with van der Waals surface area (Å²) < 4.78 is 16.0. The summed E-state index contributed by atoms with van der Waals surface area (Å²) in [5, 5.41) is 3.08. The van der Waals surface area contributed by atoms with Crippen molar-refractivity contribution in [2.24, 2.45) is 10.7 Å². The Morgan fingerprint density at radius 2 is 1.81 bits per heavy atom. The van der Waals surface area contributed by atoms with E-state index in [2.05, 4.69) is 15.3 Å². The molecule has 0 aliphatic heterocycles. The molecule has 0 radical (unpaired) electrons. The first-order valence-corrected chi connectivity index (χ1v) is 7.90. The molecule has 1 heterocycles. The Bertz CT molecular complexity index is 686. The first kappa shape index (κ1) is 21.8. The van der Waals surface area contributed by atoms with Crippen molar-refractivity contribution >= 4 is 29.9 Å². The first-order chi connectivity index (χ1) is 12.2. The number of benzene rings is 1. The van der Waals surface area contributed by atoms with E-state index < -0.39 is 0 Å². The fourth-order valence-electron chi connectivity index (χ4n) is 2.32. The molecule has 1 aromatic carbocycles. The zero-order valence-electron chi connectivity index (χ0n) is 15.2. The molecule has 0 aliphatic rings. The monoisotopic (exact) mass is 472 g/mol. The molecule has 2 aromatic rings. The van der Waals surface area contributed by atoms with E-state index >= 15 is 0 Å². The third-order valence-electron chi connectivity index (χ3n) is 3.64. The lowest BCUT2D eigenvalue weighted by molar-refractivity contribution is 0.369. The minimum absolute atomic E-state index is 0. The zero-order valence-corrected chi connectivity index (χ0v) is 17.5. The van der Waals surface area contributed by atoms with Crippen molar-refractivity contribution < 1.29 is 14.2 Å². The number of aromatic nitrogens is 1. The Balaban J connectivity index is 0.00000338. The molecule has 0 atom stereocenters. The largest absolute Gasteiger partial charge is 0.496 e. The number of nitrogens with two attached hydrogens (primary N) is 1. The molecule has 0 spiro atoms. The molecule has 0 bridgehead atoms. The highest BCUT2D eigenvalue weighted by Gasteiger charge is 2.12. The summed E-state index contributed by atoms with van der Waals surface area (Å²) in [6.07, 6.45) is 2.54. The molecule has 3 N–H and O–H groups in total. The van der Waals surface area contributed by atoms with Crippen LogP contribution in [0.1, 0.15) is 11.3 Å². The second-order valence-corrected chi connectivity index (χ2v) is 5.21. The van der Waals surface area contributed by atoms with Gasteiger partial charge >= 0.3 is 0 Å². The number of nitrogens with one attached hydrogen (secondary N) is 1. The molecule has 2 rings (SSSR count). The molecule has 0 amide bonds. The molecule has 26 heavy (non-hydrogen) atoms. The smallest absolute Gasteiger partial charge is 0.188 e. The zero-order chi connectivity index (χ0) is 18.1. The maximum absolute atomic E-state index is 5.94. The van der Waals surface area contributed by atoms with Gasteiger partial charge in [-0.1, -0.05) is 6.07 Å². The summed E-state index contributed by atoms with van der Waals surface area (Å²) in [4.78, 5) is 8.63. The Hall–Kier alpha value is -2.23. The SMILES string of the molecule is COc1cc(OC)c(CN=C(N)NCCc2ccccn2)c(OC)c1.I. The van der Waals surface area contributed by atoms with Crippen LogP contribution in [0, 0.1) is 0 Å². The lowest BCUT2D eigenvalue weighted by atomic mass is 10.1. The number of pyridine rings is 1. The summed E-state index contributed by atoms with van der Waals surface area (Å²) in [5.41, 5.74) is 7.74.